The predicted octanol–water partition coefficient (Wildman–Crippen LogP) is 6.66. The number of ether oxygens (including phenoxy) is 2. The molecule has 178 valence electrons. The van der Waals surface area contributed by atoms with Gasteiger partial charge < -0.3 is 9.47 Å². The molecule has 0 bridgehead atoms. The number of hydrogen-bond donors (Lipinski definition) is 1. The van der Waals surface area contributed by atoms with Crippen LogP contribution in [-0.2, 0) is 17.8 Å². The van der Waals surface area contributed by atoms with Crippen molar-refractivity contribution in [3.63, 3.8) is 0 Å². The molecule has 0 atom stereocenters. The van der Waals surface area contributed by atoms with Crippen molar-refractivity contribution in [3.05, 3.63) is 106 Å². The minimum atomic E-state index is -0.337. The molecule has 5 nitrogen and oxygen atoms in total. The normalized spacial score (nSPS) is 11.0. The Morgan fingerprint density at radius 2 is 1.77 bits per heavy atom. The Hall–Kier alpha value is -3.64. The van der Waals surface area contributed by atoms with Crippen LogP contribution in [0.2, 0.25) is 0 Å². The summed E-state index contributed by atoms with van der Waals surface area (Å²) < 4.78 is 12.7. The number of benzene rings is 4. The Balaban J connectivity index is 1.42. The van der Waals surface area contributed by atoms with E-state index in [2.05, 4.69) is 33.4 Å². The molecule has 6 heteroatoms. The maximum atomic E-state index is 12.3. The van der Waals surface area contributed by atoms with Crippen LogP contribution < -0.4 is 14.9 Å². The van der Waals surface area contributed by atoms with Gasteiger partial charge >= 0.3 is 0 Å². The van der Waals surface area contributed by atoms with E-state index in [0.717, 1.165) is 39.2 Å². The van der Waals surface area contributed by atoms with E-state index in [1.54, 1.807) is 6.21 Å². The van der Waals surface area contributed by atoms with Crippen molar-refractivity contribution in [2.24, 2.45) is 5.10 Å². The average molecular weight is 531 g/mol. The van der Waals surface area contributed by atoms with Gasteiger partial charge in [-0.3, -0.25) is 4.79 Å². The fourth-order valence-electron chi connectivity index (χ4n) is 3.71. The highest BCUT2D eigenvalue weighted by Gasteiger charge is 2.09. The summed E-state index contributed by atoms with van der Waals surface area (Å²) in [6.45, 7) is 2.44. The molecule has 0 spiro atoms. The average Bonchev–Trinajstić information content (AvgIpc) is 2.88. The second-order valence-electron chi connectivity index (χ2n) is 8.09. The molecule has 0 fully saturated rings. The largest absolute Gasteiger partial charge is 0.488 e. The van der Waals surface area contributed by atoms with Crippen LogP contribution in [0.3, 0.4) is 0 Å². The maximum absolute atomic E-state index is 12.3. The minimum absolute atomic E-state index is 0.119. The van der Waals surface area contributed by atoms with Crippen molar-refractivity contribution in [1.82, 2.24) is 5.43 Å². The van der Waals surface area contributed by atoms with Crippen molar-refractivity contribution in [1.29, 1.82) is 0 Å². The van der Waals surface area contributed by atoms with Gasteiger partial charge in [-0.05, 0) is 58.7 Å². The lowest BCUT2D eigenvalue weighted by atomic mass is 10.0. The van der Waals surface area contributed by atoms with E-state index in [1.807, 2.05) is 84.9 Å². The second-order valence-corrected chi connectivity index (χ2v) is 9.01. The van der Waals surface area contributed by atoms with Crippen LogP contribution in [0.1, 0.15) is 30.0 Å². The molecule has 0 saturated carbocycles. The molecule has 1 amide bonds. The summed E-state index contributed by atoms with van der Waals surface area (Å²) in [5.41, 5.74) is 5.64. The number of aryl methyl sites for hydroxylation is 1. The number of fused-ring (bicyclic) bond motifs is 1. The lowest BCUT2D eigenvalue weighted by Gasteiger charge is -2.12. The highest BCUT2D eigenvalue weighted by Crippen LogP contribution is 2.27. The Labute approximate surface area is 213 Å². The summed E-state index contributed by atoms with van der Waals surface area (Å²) in [7, 11) is 0. The summed E-state index contributed by atoms with van der Waals surface area (Å²) in [5, 5.41) is 6.23. The first-order valence-corrected chi connectivity index (χ1v) is 12.3. The molecule has 0 aliphatic rings. The van der Waals surface area contributed by atoms with Gasteiger partial charge in [0.25, 0.3) is 5.91 Å². The van der Waals surface area contributed by atoms with Gasteiger partial charge in [-0.25, -0.2) is 5.43 Å². The predicted molar refractivity (Wildman–Crippen MR) is 144 cm³/mol. The van der Waals surface area contributed by atoms with E-state index in [-0.39, 0.29) is 12.5 Å². The van der Waals surface area contributed by atoms with Crippen molar-refractivity contribution >= 4 is 38.8 Å². The van der Waals surface area contributed by atoms with Crippen molar-refractivity contribution in [3.8, 4) is 11.5 Å². The molecule has 0 aliphatic heterocycles. The van der Waals surface area contributed by atoms with Crippen LogP contribution in [0.15, 0.2) is 94.5 Å². The first-order valence-electron chi connectivity index (χ1n) is 11.5. The molecule has 0 aliphatic carbocycles. The Morgan fingerprint density at radius 3 is 2.57 bits per heavy atom. The zero-order valence-corrected chi connectivity index (χ0v) is 21.1. The van der Waals surface area contributed by atoms with Crippen LogP contribution in [0.5, 0.6) is 11.5 Å². The van der Waals surface area contributed by atoms with Crippen LogP contribution in [0, 0.1) is 0 Å². The van der Waals surface area contributed by atoms with Crippen molar-refractivity contribution in [2.45, 2.75) is 26.4 Å². The number of carbonyl (C=O) groups excluding carboxylic acids is 1. The molecular formula is C29H27BrN2O3. The highest BCUT2D eigenvalue weighted by atomic mass is 79.9. The van der Waals surface area contributed by atoms with Crippen LogP contribution in [0.4, 0.5) is 0 Å². The number of nitrogens with zero attached hydrogens (tertiary/aromatic N) is 1. The van der Waals surface area contributed by atoms with Crippen molar-refractivity contribution < 1.29 is 14.3 Å². The summed E-state index contributed by atoms with van der Waals surface area (Å²) in [6.07, 6.45) is 3.74. The topological polar surface area (TPSA) is 59.9 Å². The summed E-state index contributed by atoms with van der Waals surface area (Å²) in [5.74, 6) is 1.00. The molecule has 35 heavy (non-hydrogen) atoms. The summed E-state index contributed by atoms with van der Waals surface area (Å²) >= 11 is 3.49. The lowest BCUT2D eigenvalue weighted by molar-refractivity contribution is -0.123. The molecule has 0 unspecified atom stereocenters. The zero-order valence-electron chi connectivity index (χ0n) is 19.5. The van der Waals surface area contributed by atoms with E-state index in [4.69, 9.17) is 9.47 Å². The zero-order chi connectivity index (χ0) is 24.5. The Morgan fingerprint density at radius 1 is 0.943 bits per heavy atom. The van der Waals surface area contributed by atoms with E-state index >= 15 is 0 Å². The molecule has 0 heterocycles. The van der Waals surface area contributed by atoms with Gasteiger partial charge in [0.2, 0.25) is 0 Å². The third-order valence-corrected chi connectivity index (χ3v) is 5.92. The summed E-state index contributed by atoms with van der Waals surface area (Å²) in [6, 6.07) is 27.7. The fourth-order valence-corrected chi connectivity index (χ4v) is 4.16. The molecule has 4 aromatic carbocycles. The summed E-state index contributed by atoms with van der Waals surface area (Å²) in [4.78, 5) is 12.3. The van der Waals surface area contributed by atoms with E-state index in [1.165, 1.54) is 5.56 Å². The highest BCUT2D eigenvalue weighted by molar-refractivity contribution is 9.10. The first-order chi connectivity index (χ1) is 17.1. The maximum Gasteiger partial charge on any atom is 0.277 e. The molecule has 0 saturated heterocycles. The van der Waals surface area contributed by atoms with Gasteiger partial charge in [-0.2, -0.15) is 5.10 Å². The Kier molecular flexibility index (Phi) is 8.52. The minimum Gasteiger partial charge on any atom is -0.488 e. The fraction of sp³-hybridized carbons (Fsp3) is 0.172. The monoisotopic (exact) mass is 530 g/mol. The molecule has 1 N–H and O–H groups in total. The third-order valence-electron chi connectivity index (χ3n) is 5.43. The van der Waals surface area contributed by atoms with E-state index < -0.39 is 0 Å². The molecule has 0 radical (unpaired) electrons. The van der Waals surface area contributed by atoms with Gasteiger partial charge in [0, 0.05) is 10.0 Å². The van der Waals surface area contributed by atoms with Gasteiger partial charge in [-0.15, -0.1) is 0 Å². The lowest BCUT2D eigenvalue weighted by Crippen LogP contribution is -2.24. The van der Waals surface area contributed by atoms with Gasteiger partial charge in [-0.1, -0.05) is 83.9 Å². The van der Waals surface area contributed by atoms with Gasteiger partial charge in [0.15, 0.2) is 6.61 Å². The van der Waals surface area contributed by atoms with Crippen molar-refractivity contribution in [2.75, 3.05) is 6.61 Å². The smallest absolute Gasteiger partial charge is 0.277 e. The number of hydrazone groups is 1. The molecule has 4 aromatic rings. The van der Waals surface area contributed by atoms with Crippen LogP contribution in [0.25, 0.3) is 10.8 Å². The number of halogens is 1. The van der Waals surface area contributed by atoms with Gasteiger partial charge in [0.05, 0.1) is 6.21 Å². The number of hydrogen-bond acceptors (Lipinski definition) is 4. The van der Waals surface area contributed by atoms with Crippen LogP contribution in [-0.4, -0.2) is 18.7 Å². The van der Waals surface area contributed by atoms with Crippen LogP contribution >= 0.6 is 15.9 Å². The number of nitrogens with one attached hydrogen (secondary N) is 1. The number of carbonyl (C=O) groups is 1. The van der Waals surface area contributed by atoms with E-state index in [9.17, 15) is 4.79 Å². The SMILES string of the molecule is CCCc1ccc(OCC(=O)NN=Cc2c(OCc3cccc(Br)c3)ccc3ccccc23)cc1. The Bertz CT molecular complexity index is 1320. The second kappa shape index (κ2) is 12.2. The van der Waals surface area contributed by atoms with E-state index in [0.29, 0.717) is 18.1 Å². The quantitative estimate of drug-likeness (QED) is 0.184. The molecular weight excluding hydrogens is 504 g/mol. The van der Waals surface area contributed by atoms with Gasteiger partial charge in [0.1, 0.15) is 18.1 Å². The molecule has 0 aromatic heterocycles. The molecule has 4 rings (SSSR count). The first kappa shape index (κ1) is 24.5. The number of amides is 1. The number of rotatable bonds is 10. The third kappa shape index (κ3) is 6.93. The standard InChI is InChI=1S/C29H27BrN2O3/c1-2-6-21-11-14-25(15-12-21)34-20-29(33)32-31-18-27-26-10-4-3-8-23(26)13-16-28(27)35-19-22-7-5-9-24(30)17-22/h3-5,7-18H,2,6,19-20H2,1H3,(H,32,33).